The van der Waals surface area contributed by atoms with Gasteiger partial charge in [0.2, 0.25) is 0 Å². The molecule has 1 aliphatic heterocycles. The fraction of sp³-hybridized carbons (Fsp3) is 0.714. The summed E-state index contributed by atoms with van der Waals surface area (Å²) in [5, 5.41) is 30.9. The highest BCUT2D eigenvalue weighted by molar-refractivity contribution is 7.85. The third-order valence-corrected chi connectivity index (χ3v) is 11.0. The van der Waals surface area contributed by atoms with Crippen molar-refractivity contribution in [3.05, 3.63) is 72.9 Å². The minimum atomic E-state index is -4.61. The smallest absolute Gasteiger partial charge is 0.306 e. The molecule has 6 atom stereocenters. The van der Waals surface area contributed by atoms with Gasteiger partial charge in [0.1, 0.15) is 36.8 Å². The predicted octanol–water partition coefficient (Wildman–Crippen LogP) is 9.89. The molecule has 0 bridgehead atoms. The number of aliphatic hydroxyl groups is 3. The molecule has 0 saturated carbocycles. The molecule has 2 unspecified atom stereocenters. The number of aliphatic hydroxyl groups excluding tert-OH is 3. The van der Waals surface area contributed by atoms with E-state index in [1.54, 1.807) is 0 Å². The highest BCUT2D eigenvalue weighted by atomic mass is 32.2. The molecule has 0 aromatic rings. The van der Waals surface area contributed by atoms with Crippen LogP contribution >= 0.6 is 0 Å². The van der Waals surface area contributed by atoms with Crippen molar-refractivity contribution in [2.45, 2.75) is 205 Å². The summed E-state index contributed by atoms with van der Waals surface area (Å²) < 4.78 is 54.0. The average molecular weight is 895 g/mol. The average Bonchev–Trinajstić information content (AvgIpc) is 3.24. The second-order valence-corrected chi connectivity index (χ2v) is 17.5. The van der Waals surface area contributed by atoms with Crippen LogP contribution in [-0.4, -0.2) is 96.0 Å². The van der Waals surface area contributed by atoms with Gasteiger partial charge >= 0.3 is 11.9 Å². The lowest BCUT2D eigenvalue weighted by molar-refractivity contribution is -0.297. The lowest BCUT2D eigenvalue weighted by Crippen LogP contribution is -2.60. The molecular formula is C49H82O12S. The minimum absolute atomic E-state index is 0.115. The molecule has 1 rings (SSSR count). The molecule has 62 heavy (non-hydrogen) atoms. The molecule has 0 aromatic carbocycles. The predicted molar refractivity (Wildman–Crippen MR) is 247 cm³/mol. The molecular weight excluding hydrogens is 813 g/mol. The van der Waals surface area contributed by atoms with Gasteiger partial charge in [-0.2, -0.15) is 8.42 Å². The molecule has 12 nitrogen and oxygen atoms in total. The second kappa shape index (κ2) is 38.5. The molecule has 356 valence electrons. The maximum atomic E-state index is 12.8. The second-order valence-electron chi connectivity index (χ2n) is 16.0. The van der Waals surface area contributed by atoms with Gasteiger partial charge in [-0.1, -0.05) is 157 Å². The number of unbranched alkanes of at least 4 members (excludes halogenated alkanes) is 14. The molecule has 0 aliphatic carbocycles. The number of esters is 2. The summed E-state index contributed by atoms with van der Waals surface area (Å²) in [5.41, 5.74) is 0. The topological polar surface area (TPSA) is 186 Å². The Kier molecular flexibility index (Phi) is 35.5. The van der Waals surface area contributed by atoms with Crippen molar-refractivity contribution in [2.24, 2.45) is 0 Å². The van der Waals surface area contributed by atoms with E-state index < -0.39 is 71.2 Å². The first kappa shape index (κ1) is 57.1. The summed E-state index contributed by atoms with van der Waals surface area (Å²) >= 11 is 0. The fourth-order valence-corrected chi connectivity index (χ4v) is 7.35. The van der Waals surface area contributed by atoms with Crippen molar-refractivity contribution >= 4 is 22.1 Å². The molecule has 4 N–H and O–H groups in total. The number of hydrogen-bond donors (Lipinski definition) is 4. The molecule has 0 radical (unpaired) electrons. The van der Waals surface area contributed by atoms with E-state index in [0.717, 1.165) is 64.2 Å². The molecule has 1 fully saturated rings. The van der Waals surface area contributed by atoms with Gasteiger partial charge in [-0.25, -0.2) is 0 Å². The SMILES string of the molecule is CC/C=C/C/C=C/C/C=C/C/C=C/C/C=C/CCCCCC(=O)O[C@H](COC(=O)CC/C=C/CCCCCCCCCCCCC)CO[C@H]1O[C@H](CS(=O)(=O)O)[C@@H](O)C(O)C1O. The summed E-state index contributed by atoms with van der Waals surface area (Å²) in [6, 6.07) is 0. The highest BCUT2D eigenvalue weighted by Gasteiger charge is 2.46. The van der Waals surface area contributed by atoms with E-state index in [-0.39, 0.29) is 19.4 Å². The maximum Gasteiger partial charge on any atom is 0.306 e. The quantitative estimate of drug-likeness (QED) is 0.0199. The molecule has 0 aromatic heterocycles. The number of allylic oxidation sites excluding steroid dienone is 12. The van der Waals surface area contributed by atoms with Crippen LogP contribution in [0.5, 0.6) is 0 Å². The zero-order chi connectivity index (χ0) is 45.5. The van der Waals surface area contributed by atoms with Crippen LogP contribution in [0.3, 0.4) is 0 Å². The van der Waals surface area contributed by atoms with Crippen LogP contribution in [0.4, 0.5) is 0 Å². The van der Waals surface area contributed by atoms with Gasteiger partial charge in [-0.15, -0.1) is 0 Å². The van der Waals surface area contributed by atoms with Gasteiger partial charge in [0, 0.05) is 12.8 Å². The largest absolute Gasteiger partial charge is 0.462 e. The summed E-state index contributed by atoms with van der Waals surface area (Å²) in [7, 11) is -4.61. The van der Waals surface area contributed by atoms with Crippen LogP contribution in [0.2, 0.25) is 0 Å². The Hall–Kier alpha value is -2.91. The lowest BCUT2D eigenvalue weighted by Gasteiger charge is -2.40. The van der Waals surface area contributed by atoms with Gasteiger partial charge in [0.25, 0.3) is 10.1 Å². The lowest BCUT2D eigenvalue weighted by atomic mass is 10.00. The Morgan fingerprint density at radius 1 is 0.565 bits per heavy atom. The van der Waals surface area contributed by atoms with Crippen molar-refractivity contribution in [1.82, 2.24) is 0 Å². The van der Waals surface area contributed by atoms with E-state index >= 15 is 0 Å². The fourth-order valence-electron chi connectivity index (χ4n) is 6.66. The zero-order valence-electron chi connectivity index (χ0n) is 37.9. The number of hydrogen-bond acceptors (Lipinski definition) is 11. The Labute approximate surface area is 374 Å². The van der Waals surface area contributed by atoms with Gasteiger partial charge in [0.15, 0.2) is 12.4 Å². The van der Waals surface area contributed by atoms with Crippen LogP contribution in [0.1, 0.15) is 168 Å². The van der Waals surface area contributed by atoms with E-state index in [1.807, 2.05) is 6.08 Å². The highest BCUT2D eigenvalue weighted by Crippen LogP contribution is 2.24. The standard InChI is InChI=1S/C49H82O12S/c1-3-5-7-9-11-13-15-17-19-20-21-22-24-26-28-30-32-34-36-38-45(51)60-42(40-59-49-48(54)47(53)46(52)43(61-49)41-62(55,56)57)39-58-44(50)37-35-33-31-29-27-25-23-18-16-14-12-10-8-6-4-2/h5,7,11,13,17,19,21-22,26,28,31,33,42-43,46-49,52-54H,3-4,6,8-10,12,14-16,18,20,23-25,27,29-30,32,34-41H2,1-2H3,(H,55,56,57)/b7-5+,13-11+,19-17+,22-21+,28-26+,33-31+/t42-,43-,46-,47?,48?,49+/m1/s1. The third kappa shape index (κ3) is 32.7. The Morgan fingerprint density at radius 2 is 1.05 bits per heavy atom. The monoisotopic (exact) mass is 895 g/mol. The van der Waals surface area contributed by atoms with Crippen LogP contribution in [0, 0.1) is 0 Å². The number of rotatable bonds is 38. The van der Waals surface area contributed by atoms with Gasteiger partial charge in [-0.05, 0) is 70.6 Å². The van der Waals surface area contributed by atoms with Gasteiger partial charge in [-0.3, -0.25) is 14.1 Å². The van der Waals surface area contributed by atoms with Crippen molar-refractivity contribution < 1.29 is 56.8 Å². The summed E-state index contributed by atoms with van der Waals surface area (Å²) in [5.74, 6) is -2.09. The Morgan fingerprint density at radius 3 is 1.60 bits per heavy atom. The summed E-state index contributed by atoms with van der Waals surface area (Å²) in [4.78, 5) is 25.4. The molecule has 1 saturated heterocycles. The first-order chi connectivity index (χ1) is 30.0. The van der Waals surface area contributed by atoms with Gasteiger partial charge in [0.05, 0.1) is 6.61 Å². The van der Waals surface area contributed by atoms with Crippen molar-refractivity contribution in [2.75, 3.05) is 19.0 Å². The van der Waals surface area contributed by atoms with E-state index in [1.165, 1.54) is 64.2 Å². The number of carbonyl (C=O) groups is 2. The van der Waals surface area contributed by atoms with E-state index in [2.05, 4.69) is 80.7 Å². The number of ether oxygens (including phenoxy) is 4. The van der Waals surface area contributed by atoms with Crippen LogP contribution in [0.25, 0.3) is 0 Å². The maximum absolute atomic E-state index is 12.8. The van der Waals surface area contributed by atoms with E-state index in [9.17, 15) is 37.9 Å². The van der Waals surface area contributed by atoms with Crippen molar-refractivity contribution in [3.8, 4) is 0 Å². The van der Waals surface area contributed by atoms with Crippen LogP contribution in [-0.2, 0) is 38.7 Å². The van der Waals surface area contributed by atoms with Gasteiger partial charge < -0.3 is 34.3 Å². The molecule has 13 heteroatoms. The third-order valence-electron chi connectivity index (χ3n) is 10.3. The van der Waals surface area contributed by atoms with E-state index in [4.69, 9.17) is 18.9 Å². The summed E-state index contributed by atoms with van der Waals surface area (Å²) in [6.07, 6.45) is 39.6. The molecule has 0 amide bonds. The van der Waals surface area contributed by atoms with Crippen LogP contribution < -0.4 is 0 Å². The Balaban J connectivity index is 2.48. The molecule has 1 heterocycles. The van der Waals surface area contributed by atoms with E-state index in [0.29, 0.717) is 12.8 Å². The van der Waals surface area contributed by atoms with Crippen LogP contribution in [0.15, 0.2) is 72.9 Å². The van der Waals surface area contributed by atoms with Crippen molar-refractivity contribution in [1.29, 1.82) is 0 Å². The Bertz CT molecular complexity index is 1420. The van der Waals surface area contributed by atoms with Crippen molar-refractivity contribution in [3.63, 3.8) is 0 Å². The molecule has 0 spiro atoms. The first-order valence-corrected chi connectivity index (χ1v) is 25.1. The zero-order valence-corrected chi connectivity index (χ0v) is 38.8. The minimum Gasteiger partial charge on any atom is -0.462 e. The summed E-state index contributed by atoms with van der Waals surface area (Å²) in [6.45, 7) is 3.58. The first-order valence-electron chi connectivity index (χ1n) is 23.5. The molecule has 1 aliphatic rings. The number of carbonyl (C=O) groups excluding carboxylic acids is 2. The normalized spacial score (nSPS) is 20.5.